The fraction of sp³-hybridized carbons (Fsp3) is 0. The summed E-state index contributed by atoms with van der Waals surface area (Å²) in [5, 5.41) is 2.14. The number of nitrogens with zero attached hydrogens (tertiary/aromatic N) is 1. The van der Waals surface area contributed by atoms with E-state index in [1.165, 1.54) is 18.2 Å². The van der Waals surface area contributed by atoms with Gasteiger partial charge in [0.15, 0.2) is 0 Å². The van der Waals surface area contributed by atoms with Gasteiger partial charge in [0.2, 0.25) is 0 Å². The van der Waals surface area contributed by atoms with Gasteiger partial charge in [0.1, 0.15) is 16.8 Å². The van der Waals surface area contributed by atoms with E-state index in [1.54, 1.807) is 0 Å². The van der Waals surface area contributed by atoms with Gasteiger partial charge in [-0.2, -0.15) is 0 Å². The molecule has 0 fully saturated rings. The largest absolute Gasteiger partial charge is 0.319 e. The highest BCUT2D eigenvalue weighted by Crippen LogP contribution is 2.22. The van der Waals surface area contributed by atoms with Crippen molar-refractivity contribution in [1.29, 1.82) is 0 Å². The molecular weight excluding hydrogens is 341 g/mol. The third kappa shape index (κ3) is 3.27. The quantitative estimate of drug-likeness (QED) is 0.834. The summed E-state index contributed by atoms with van der Waals surface area (Å²) in [5.74, 6) is -2.06. The predicted molar refractivity (Wildman–Crippen MR) is 71.3 cm³/mol. The Morgan fingerprint density at radius 2 is 2.05 bits per heavy atom. The molecule has 98 valence electrons. The second kappa shape index (κ2) is 5.63. The normalized spacial score (nSPS) is 10.3. The Kier molecular flexibility index (Phi) is 4.11. The SMILES string of the molecule is O=C(Nc1cc(Br)ccc1F)c1cc(F)cnc1Cl. The maximum Gasteiger partial charge on any atom is 0.258 e. The molecule has 19 heavy (non-hydrogen) atoms. The Morgan fingerprint density at radius 1 is 1.32 bits per heavy atom. The Hall–Kier alpha value is -1.53. The summed E-state index contributed by atoms with van der Waals surface area (Å²) in [6.07, 6.45) is 0.888. The maximum atomic E-state index is 13.5. The molecule has 0 unspecified atom stereocenters. The van der Waals surface area contributed by atoms with E-state index >= 15 is 0 Å². The van der Waals surface area contributed by atoms with Crippen molar-refractivity contribution in [1.82, 2.24) is 4.98 Å². The van der Waals surface area contributed by atoms with E-state index in [9.17, 15) is 13.6 Å². The second-order valence-electron chi connectivity index (χ2n) is 3.57. The predicted octanol–water partition coefficient (Wildman–Crippen LogP) is 4.03. The van der Waals surface area contributed by atoms with Crippen LogP contribution in [-0.4, -0.2) is 10.9 Å². The highest BCUT2D eigenvalue weighted by Gasteiger charge is 2.14. The van der Waals surface area contributed by atoms with E-state index in [2.05, 4.69) is 26.2 Å². The van der Waals surface area contributed by atoms with Gasteiger partial charge < -0.3 is 5.32 Å². The molecule has 1 aromatic heterocycles. The standard InChI is InChI=1S/C12H6BrClF2N2O/c13-6-1-2-9(16)10(3-6)18-12(19)8-4-7(15)5-17-11(8)14/h1-5H,(H,18,19). The van der Waals surface area contributed by atoms with Gasteiger partial charge >= 0.3 is 0 Å². The van der Waals surface area contributed by atoms with Gasteiger partial charge in [0.25, 0.3) is 5.91 Å². The lowest BCUT2D eigenvalue weighted by Crippen LogP contribution is -2.14. The summed E-state index contributed by atoms with van der Waals surface area (Å²) in [4.78, 5) is 15.4. The molecule has 1 heterocycles. The summed E-state index contributed by atoms with van der Waals surface area (Å²) in [6, 6.07) is 4.99. The van der Waals surface area contributed by atoms with E-state index in [0.29, 0.717) is 4.47 Å². The molecule has 7 heteroatoms. The molecule has 2 rings (SSSR count). The van der Waals surface area contributed by atoms with Gasteiger partial charge in [0.05, 0.1) is 17.4 Å². The number of amides is 1. The van der Waals surface area contributed by atoms with Crippen LogP contribution in [0.1, 0.15) is 10.4 Å². The highest BCUT2D eigenvalue weighted by atomic mass is 79.9. The Labute approximate surface area is 120 Å². The van der Waals surface area contributed by atoms with Gasteiger partial charge in [-0.05, 0) is 24.3 Å². The molecule has 3 nitrogen and oxygen atoms in total. The monoisotopic (exact) mass is 346 g/mol. The topological polar surface area (TPSA) is 42.0 Å². The lowest BCUT2D eigenvalue weighted by atomic mass is 10.2. The van der Waals surface area contributed by atoms with E-state index in [1.807, 2.05) is 0 Å². The first-order valence-electron chi connectivity index (χ1n) is 5.05. The summed E-state index contributed by atoms with van der Waals surface area (Å²) < 4.78 is 27.1. The number of nitrogens with one attached hydrogen (secondary N) is 1. The van der Waals surface area contributed by atoms with E-state index < -0.39 is 17.5 Å². The summed E-state index contributed by atoms with van der Waals surface area (Å²) in [5.41, 5.74) is -0.208. The minimum absolute atomic E-state index is 0.0419. The number of carbonyl (C=O) groups excluding carboxylic acids is 1. The minimum Gasteiger partial charge on any atom is -0.319 e. The molecule has 1 aromatic carbocycles. The van der Waals surface area contributed by atoms with Crippen molar-refractivity contribution >= 4 is 39.1 Å². The number of pyridine rings is 1. The zero-order chi connectivity index (χ0) is 14.0. The van der Waals surface area contributed by atoms with Gasteiger partial charge in [-0.25, -0.2) is 13.8 Å². The number of anilines is 1. The molecule has 0 atom stereocenters. The van der Waals surface area contributed by atoms with E-state index in [4.69, 9.17) is 11.6 Å². The van der Waals surface area contributed by atoms with Gasteiger partial charge in [0, 0.05) is 4.47 Å². The molecule has 0 aliphatic rings. The van der Waals surface area contributed by atoms with Crippen molar-refractivity contribution in [2.45, 2.75) is 0 Å². The Balaban J connectivity index is 2.30. The van der Waals surface area contributed by atoms with E-state index in [0.717, 1.165) is 12.3 Å². The fourth-order valence-corrected chi connectivity index (χ4v) is 1.92. The maximum absolute atomic E-state index is 13.5. The lowest BCUT2D eigenvalue weighted by molar-refractivity contribution is 0.102. The molecule has 2 aromatic rings. The lowest BCUT2D eigenvalue weighted by Gasteiger charge is -2.07. The number of hydrogen-bond acceptors (Lipinski definition) is 2. The van der Waals surface area contributed by atoms with Gasteiger partial charge in [-0.1, -0.05) is 27.5 Å². The van der Waals surface area contributed by atoms with Crippen LogP contribution >= 0.6 is 27.5 Å². The molecule has 0 bridgehead atoms. The van der Waals surface area contributed by atoms with Crippen LogP contribution in [0.3, 0.4) is 0 Å². The minimum atomic E-state index is -0.742. The first-order valence-corrected chi connectivity index (χ1v) is 6.22. The van der Waals surface area contributed by atoms with Crippen LogP contribution in [0, 0.1) is 11.6 Å². The van der Waals surface area contributed by atoms with Crippen LogP contribution in [0.4, 0.5) is 14.5 Å². The first-order chi connectivity index (χ1) is 8.97. The summed E-state index contributed by atoms with van der Waals surface area (Å²) in [6.45, 7) is 0. The zero-order valence-corrected chi connectivity index (χ0v) is 11.6. The molecule has 0 aliphatic heterocycles. The van der Waals surface area contributed by atoms with Gasteiger partial charge in [-0.15, -0.1) is 0 Å². The second-order valence-corrected chi connectivity index (χ2v) is 4.84. The van der Waals surface area contributed by atoms with Crippen molar-refractivity contribution in [3.05, 3.63) is 57.3 Å². The van der Waals surface area contributed by atoms with Crippen LogP contribution in [0.2, 0.25) is 5.15 Å². The summed E-state index contributed by atoms with van der Waals surface area (Å²) in [7, 11) is 0. The van der Waals surface area contributed by atoms with Crippen molar-refractivity contribution in [3.8, 4) is 0 Å². The van der Waals surface area contributed by atoms with Crippen LogP contribution in [0.15, 0.2) is 34.9 Å². The van der Waals surface area contributed by atoms with Crippen molar-refractivity contribution in [2.75, 3.05) is 5.32 Å². The fourth-order valence-electron chi connectivity index (χ4n) is 1.36. The molecular formula is C12H6BrClF2N2O. The molecule has 0 spiro atoms. The van der Waals surface area contributed by atoms with Crippen molar-refractivity contribution in [2.24, 2.45) is 0 Å². The average Bonchev–Trinajstić information content (AvgIpc) is 2.36. The number of halogens is 4. The zero-order valence-electron chi connectivity index (χ0n) is 9.25. The summed E-state index contributed by atoms with van der Waals surface area (Å²) >= 11 is 8.84. The third-order valence-corrected chi connectivity index (χ3v) is 3.02. The van der Waals surface area contributed by atoms with Crippen molar-refractivity contribution < 1.29 is 13.6 Å². The van der Waals surface area contributed by atoms with Crippen molar-refractivity contribution in [3.63, 3.8) is 0 Å². The Morgan fingerprint density at radius 3 is 2.79 bits per heavy atom. The molecule has 0 radical (unpaired) electrons. The Bertz CT molecular complexity index is 652. The average molecular weight is 348 g/mol. The number of aromatic nitrogens is 1. The van der Waals surface area contributed by atoms with Crippen LogP contribution in [-0.2, 0) is 0 Å². The smallest absolute Gasteiger partial charge is 0.258 e. The molecule has 0 saturated heterocycles. The van der Waals surface area contributed by atoms with Crippen LogP contribution in [0.5, 0.6) is 0 Å². The molecule has 0 saturated carbocycles. The number of hydrogen-bond donors (Lipinski definition) is 1. The van der Waals surface area contributed by atoms with E-state index in [-0.39, 0.29) is 16.4 Å². The number of carbonyl (C=O) groups is 1. The third-order valence-electron chi connectivity index (χ3n) is 2.23. The highest BCUT2D eigenvalue weighted by molar-refractivity contribution is 9.10. The van der Waals surface area contributed by atoms with Crippen LogP contribution in [0.25, 0.3) is 0 Å². The molecule has 0 aliphatic carbocycles. The van der Waals surface area contributed by atoms with Crippen LogP contribution < -0.4 is 5.32 Å². The number of benzene rings is 1. The van der Waals surface area contributed by atoms with Gasteiger partial charge in [-0.3, -0.25) is 4.79 Å². The first kappa shape index (κ1) is 13.9. The molecule has 1 amide bonds. The number of rotatable bonds is 2. The molecule has 1 N–H and O–H groups in total.